The number of ether oxygens (including phenoxy) is 1. The molecule has 0 fully saturated rings. The quantitative estimate of drug-likeness (QED) is 0.532. The second kappa shape index (κ2) is 6.42. The van der Waals surface area contributed by atoms with Crippen LogP contribution in [0.2, 0.25) is 0 Å². The Morgan fingerprint density at radius 1 is 1.35 bits per heavy atom. The van der Waals surface area contributed by atoms with E-state index < -0.39 is 5.38 Å². The SMILES string of the molecule is COC(=O)Cc1ccc2oc(C(Cl)c3cccnc3C)cc2c1. The number of furan rings is 1. The van der Waals surface area contributed by atoms with Crippen LogP contribution in [-0.4, -0.2) is 18.1 Å². The fraction of sp³-hybridized carbons (Fsp3) is 0.222. The van der Waals surface area contributed by atoms with Gasteiger partial charge >= 0.3 is 5.97 Å². The second-order valence-electron chi connectivity index (χ2n) is 5.31. The van der Waals surface area contributed by atoms with E-state index in [2.05, 4.69) is 4.98 Å². The van der Waals surface area contributed by atoms with Crippen molar-refractivity contribution in [2.45, 2.75) is 18.7 Å². The number of halogens is 1. The van der Waals surface area contributed by atoms with Gasteiger partial charge in [-0.15, -0.1) is 11.6 Å². The van der Waals surface area contributed by atoms with Gasteiger partial charge in [-0.3, -0.25) is 9.78 Å². The molecule has 0 aliphatic carbocycles. The van der Waals surface area contributed by atoms with Gasteiger partial charge < -0.3 is 9.15 Å². The van der Waals surface area contributed by atoms with Gasteiger partial charge in [0.1, 0.15) is 16.7 Å². The average Bonchev–Trinajstić information content (AvgIpc) is 2.97. The molecular weight excluding hydrogens is 314 g/mol. The number of pyridine rings is 1. The minimum absolute atomic E-state index is 0.235. The van der Waals surface area contributed by atoms with Crippen molar-refractivity contribution in [1.82, 2.24) is 4.98 Å². The molecular formula is C18H16ClNO3. The number of methoxy groups -OCH3 is 1. The summed E-state index contributed by atoms with van der Waals surface area (Å²) >= 11 is 6.55. The van der Waals surface area contributed by atoms with E-state index in [1.165, 1.54) is 7.11 Å². The zero-order valence-corrected chi connectivity index (χ0v) is 13.6. The summed E-state index contributed by atoms with van der Waals surface area (Å²) in [7, 11) is 1.38. The largest absolute Gasteiger partial charge is 0.469 e. The minimum atomic E-state index is -0.403. The van der Waals surface area contributed by atoms with Crippen LogP contribution in [0.4, 0.5) is 0 Å². The van der Waals surface area contributed by atoms with Crippen LogP contribution in [0, 0.1) is 6.92 Å². The fourth-order valence-electron chi connectivity index (χ4n) is 2.50. The topological polar surface area (TPSA) is 52.3 Å². The number of aryl methyl sites for hydroxylation is 1. The van der Waals surface area contributed by atoms with E-state index in [1.807, 2.05) is 43.3 Å². The maximum atomic E-state index is 11.4. The number of alkyl halides is 1. The molecule has 2 heterocycles. The number of hydrogen-bond acceptors (Lipinski definition) is 4. The Bertz CT molecular complexity index is 856. The van der Waals surface area contributed by atoms with Crippen molar-refractivity contribution < 1.29 is 13.9 Å². The third kappa shape index (κ3) is 3.22. The number of hydrogen-bond donors (Lipinski definition) is 0. The van der Waals surface area contributed by atoms with Crippen molar-refractivity contribution in [2.24, 2.45) is 0 Å². The predicted molar refractivity (Wildman–Crippen MR) is 88.6 cm³/mol. The van der Waals surface area contributed by atoms with Gasteiger partial charge in [-0.25, -0.2) is 0 Å². The fourth-order valence-corrected chi connectivity index (χ4v) is 2.84. The molecule has 0 amide bonds. The molecule has 1 atom stereocenters. The lowest BCUT2D eigenvalue weighted by molar-refractivity contribution is -0.139. The smallest absolute Gasteiger partial charge is 0.309 e. The van der Waals surface area contributed by atoms with E-state index in [0.717, 1.165) is 27.8 Å². The Morgan fingerprint density at radius 2 is 2.17 bits per heavy atom. The lowest BCUT2D eigenvalue weighted by Crippen LogP contribution is -2.03. The van der Waals surface area contributed by atoms with E-state index in [0.29, 0.717) is 5.76 Å². The predicted octanol–water partition coefficient (Wildman–Crippen LogP) is 4.18. The molecule has 0 bridgehead atoms. The second-order valence-corrected chi connectivity index (χ2v) is 5.75. The Labute approximate surface area is 139 Å². The van der Waals surface area contributed by atoms with Gasteiger partial charge in [-0.05, 0) is 42.3 Å². The van der Waals surface area contributed by atoms with Gasteiger partial charge in [-0.2, -0.15) is 0 Å². The zero-order valence-electron chi connectivity index (χ0n) is 12.9. The molecule has 0 saturated heterocycles. The zero-order chi connectivity index (χ0) is 16.4. The molecule has 118 valence electrons. The molecule has 0 spiro atoms. The Balaban J connectivity index is 1.94. The molecule has 3 aromatic rings. The minimum Gasteiger partial charge on any atom is -0.469 e. The van der Waals surface area contributed by atoms with E-state index >= 15 is 0 Å². The van der Waals surface area contributed by atoms with Crippen LogP contribution in [0.25, 0.3) is 11.0 Å². The van der Waals surface area contributed by atoms with Crippen LogP contribution in [-0.2, 0) is 16.0 Å². The van der Waals surface area contributed by atoms with Crippen molar-refractivity contribution >= 4 is 28.5 Å². The number of rotatable bonds is 4. The molecule has 3 rings (SSSR count). The van der Waals surface area contributed by atoms with Gasteiger partial charge in [0.25, 0.3) is 0 Å². The van der Waals surface area contributed by atoms with Gasteiger partial charge in [0.15, 0.2) is 0 Å². The number of fused-ring (bicyclic) bond motifs is 1. The molecule has 0 aliphatic rings. The van der Waals surface area contributed by atoms with Crippen LogP contribution >= 0.6 is 11.6 Å². The number of esters is 1. The standard InChI is InChI=1S/C18H16ClNO3/c1-11-14(4-3-7-20-11)18(19)16-10-13-8-12(9-17(21)22-2)5-6-15(13)23-16/h3-8,10,18H,9H2,1-2H3. The highest BCUT2D eigenvalue weighted by atomic mass is 35.5. The molecule has 1 unspecified atom stereocenters. The number of carbonyl (C=O) groups is 1. The van der Waals surface area contributed by atoms with Crippen molar-refractivity contribution in [2.75, 3.05) is 7.11 Å². The monoisotopic (exact) mass is 329 g/mol. The lowest BCUT2D eigenvalue weighted by Gasteiger charge is -2.08. The summed E-state index contributed by atoms with van der Waals surface area (Å²) in [6, 6.07) is 11.3. The summed E-state index contributed by atoms with van der Waals surface area (Å²) in [6.07, 6.45) is 1.97. The van der Waals surface area contributed by atoms with E-state index in [-0.39, 0.29) is 12.4 Å². The molecule has 2 aromatic heterocycles. The number of nitrogens with zero attached hydrogens (tertiary/aromatic N) is 1. The first kappa shape index (κ1) is 15.6. The third-order valence-corrected chi connectivity index (χ3v) is 4.20. The highest BCUT2D eigenvalue weighted by Gasteiger charge is 2.18. The highest BCUT2D eigenvalue weighted by molar-refractivity contribution is 6.22. The van der Waals surface area contributed by atoms with E-state index in [4.69, 9.17) is 20.8 Å². The van der Waals surface area contributed by atoms with Gasteiger partial charge in [0.05, 0.1) is 13.5 Å². The Kier molecular flexibility index (Phi) is 4.35. The van der Waals surface area contributed by atoms with Gasteiger partial charge in [0, 0.05) is 17.3 Å². The first-order valence-electron chi connectivity index (χ1n) is 7.23. The van der Waals surface area contributed by atoms with Crippen LogP contribution < -0.4 is 0 Å². The first-order chi connectivity index (χ1) is 11.1. The van der Waals surface area contributed by atoms with Crippen LogP contribution in [0.1, 0.15) is 28.0 Å². The number of aromatic nitrogens is 1. The van der Waals surface area contributed by atoms with Gasteiger partial charge in [-0.1, -0.05) is 12.1 Å². The van der Waals surface area contributed by atoms with E-state index in [9.17, 15) is 4.79 Å². The Hall–Kier alpha value is -2.33. The maximum absolute atomic E-state index is 11.4. The van der Waals surface area contributed by atoms with Crippen molar-refractivity contribution in [1.29, 1.82) is 0 Å². The molecule has 0 saturated carbocycles. The maximum Gasteiger partial charge on any atom is 0.309 e. The number of benzene rings is 1. The van der Waals surface area contributed by atoms with Crippen molar-refractivity contribution in [3.63, 3.8) is 0 Å². The van der Waals surface area contributed by atoms with E-state index in [1.54, 1.807) is 6.20 Å². The lowest BCUT2D eigenvalue weighted by atomic mass is 10.1. The molecule has 1 aromatic carbocycles. The summed E-state index contributed by atoms with van der Waals surface area (Å²) < 4.78 is 10.5. The van der Waals surface area contributed by atoms with Crippen LogP contribution in [0.15, 0.2) is 47.0 Å². The summed E-state index contributed by atoms with van der Waals surface area (Å²) in [4.78, 5) is 15.6. The first-order valence-corrected chi connectivity index (χ1v) is 7.67. The average molecular weight is 330 g/mol. The van der Waals surface area contributed by atoms with Gasteiger partial charge in [0.2, 0.25) is 0 Å². The summed E-state index contributed by atoms with van der Waals surface area (Å²) in [5.41, 5.74) is 3.41. The summed E-state index contributed by atoms with van der Waals surface area (Å²) in [6.45, 7) is 1.92. The highest BCUT2D eigenvalue weighted by Crippen LogP contribution is 2.34. The Morgan fingerprint density at radius 3 is 2.91 bits per heavy atom. The number of carbonyl (C=O) groups excluding carboxylic acids is 1. The van der Waals surface area contributed by atoms with Crippen molar-refractivity contribution in [3.05, 3.63) is 65.2 Å². The molecule has 0 N–H and O–H groups in total. The van der Waals surface area contributed by atoms with Crippen LogP contribution in [0.5, 0.6) is 0 Å². The molecule has 4 nitrogen and oxygen atoms in total. The molecule has 5 heteroatoms. The molecule has 23 heavy (non-hydrogen) atoms. The summed E-state index contributed by atoms with van der Waals surface area (Å²) in [5.74, 6) is 0.391. The molecule has 0 radical (unpaired) electrons. The van der Waals surface area contributed by atoms with Crippen molar-refractivity contribution in [3.8, 4) is 0 Å². The molecule has 0 aliphatic heterocycles. The normalized spacial score (nSPS) is 12.3. The summed E-state index contributed by atoms with van der Waals surface area (Å²) in [5, 5.41) is 0.508. The third-order valence-electron chi connectivity index (χ3n) is 3.75. The van der Waals surface area contributed by atoms with Crippen LogP contribution in [0.3, 0.4) is 0 Å².